The first-order valence-electron chi connectivity index (χ1n) is 13.9. The molecule has 1 aromatic heterocycles. The molecule has 1 amide bonds. The van der Waals surface area contributed by atoms with Crippen molar-refractivity contribution in [1.82, 2.24) is 24.0 Å². The van der Waals surface area contributed by atoms with Gasteiger partial charge in [-0.25, -0.2) is 8.42 Å². The van der Waals surface area contributed by atoms with Crippen LogP contribution in [0.25, 0.3) is 17.1 Å². The number of hydrogen-bond acceptors (Lipinski definition) is 7. The predicted octanol–water partition coefficient (Wildman–Crippen LogP) is 5.05. The Hall–Kier alpha value is -3.67. The van der Waals surface area contributed by atoms with Crippen molar-refractivity contribution in [2.24, 2.45) is 0 Å². The van der Waals surface area contributed by atoms with Crippen molar-refractivity contribution in [2.75, 3.05) is 32.5 Å². The summed E-state index contributed by atoms with van der Waals surface area (Å²) in [6, 6.07) is 24.3. The number of carbonyl (C=O) groups is 1. The fourth-order valence-corrected chi connectivity index (χ4v) is 7.54. The van der Waals surface area contributed by atoms with Gasteiger partial charge in [-0.2, -0.15) is 4.31 Å². The van der Waals surface area contributed by atoms with Gasteiger partial charge < -0.3 is 9.64 Å². The summed E-state index contributed by atoms with van der Waals surface area (Å²) in [7, 11) is -1.97. The summed E-state index contributed by atoms with van der Waals surface area (Å²) in [6.07, 6.45) is 1.04. The lowest BCUT2D eigenvalue weighted by atomic mass is 10.2. The maximum Gasteiger partial charge on any atom is 0.243 e. The Balaban J connectivity index is 1.19. The Kier molecular flexibility index (Phi) is 9.30. The summed E-state index contributed by atoms with van der Waals surface area (Å²) in [5.74, 6) is 2.18. The van der Waals surface area contributed by atoms with Crippen LogP contribution >= 0.6 is 11.8 Å². The zero-order valence-electron chi connectivity index (χ0n) is 24.0. The molecule has 0 saturated carbocycles. The number of carbonyl (C=O) groups excluding carboxylic acids is 1. The van der Waals surface area contributed by atoms with Crippen LogP contribution in [0.4, 0.5) is 0 Å². The Morgan fingerprint density at radius 1 is 1.00 bits per heavy atom. The highest BCUT2D eigenvalue weighted by Crippen LogP contribution is 2.30. The molecule has 2 heterocycles. The Bertz CT molecular complexity index is 1620. The van der Waals surface area contributed by atoms with Gasteiger partial charge in [0.25, 0.3) is 0 Å². The number of rotatable bonds is 10. The zero-order valence-corrected chi connectivity index (χ0v) is 25.6. The van der Waals surface area contributed by atoms with Gasteiger partial charge in [0.2, 0.25) is 15.9 Å². The van der Waals surface area contributed by atoms with E-state index in [4.69, 9.17) is 4.74 Å². The highest BCUT2D eigenvalue weighted by molar-refractivity contribution is 7.99. The molecule has 220 valence electrons. The van der Waals surface area contributed by atoms with Crippen molar-refractivity contribution in [2.45, 2.75) is 42.8 Å². The number of nitrogens with zero attached hydrogens (tertiary/aromatic N) is 5. The van der Waals surface area contributed by atoms with E-state index in [1.165, 1.54) is 4.31 Å². The topological polar surface area (TPSA) is 97.6 Å². The van der Waals surface area contributed by atoms with Crippen molar-refractivity contribution in [1.29, 1.82) is 0 Å². The van der Waals surface area contributed by atoms with Crippen molar-refractivity contribution in [3.8, 4) is 22.8 Å². The van der Waals surface area contributed by atoms with Gasteiger partial charge in [0.1, 0.15) is 5.75 Å². The number of ether oxygens (including phenoxy) is 1. The summed E-state index contributed by atoms with van der Waals surface area (Å²) in [6.45, 7) is 4.83. The fraction of sp³-hybridized carbons (Fsp3) is 0.323. The molecule has 9 nitrogen and oxygen atoms in total. The quantitative estimate of drug-likeness (QED) is 0.184. The molecule has 1 aliphatic rings. The van der Waals surface area contributed by atoms with Crippen molar-refractivity contribution >= 4 is 27.7 Å². The smallest absolute Gasteiger partial charge is 0.243 e. The highest BCUT2D eigenvalue weighted by atomic mass is 32.2. The minimum absolute atomic E-state index is 0.0384. The molecular weight excluding hydrogens is 571 g/mol. The standard InChI is InChI=1S/C31H35N5O4S2/c1-23-14-16-28(17-15-23)42(38,39)35-19-18-34(22-24(35)2)29(37)13-8-20-41-31-33-32-30(25-9-7-12-27(21-25)40-3)36(31)26-10-5-4-6-11-26/h4-7,9-12,14-17,21,24H,8,13,18-20,22H2,1-3H3. The summed E-state index contributed by atoms with van der Waals surface area (Å²) in [5.41, 5.74) is 2.85. The van der Waals surface area contributed by atoms with Crippen LogP contribution in [-0.2, 0) is 14.8 Å². The van der Waals surface area contributed by atoms with Crippen molar-refractivity contribution in [3.63, 3.8) is 0 Å². The second kappa shape index (κ2) is 13.1. The van der Waals surface area contributed by atoms with E-state index in [2.05, 4.69) is 10.2 Å². The molecule has 0 radical (unpaired) electrons. The molecule has 3 aromatic carbocycles. The normalized spacial score (nSPS) is 16.0. The number of sulfonamides is 1. The zero-order chi connectivity index (χ0) is 29.7. The van der Waals surface area contributed by atoms with Gasteiger partial charge in [0, 0.05) is 49.1 Å². The number of aryl methyl sites for hydroxylation is 1. The van der Waals surface area contributed by atoms with Crippen molar-refractivity contribution in [3.05, 3.63) is 84.4 Å². The molecule has 5 rings (SSSR count). The monoisotopic (exact) mass is 605 g/mol. The minimum Gasteiger partial charge on any atom is -0.497 e. The van der Waals surface area contributed by atoms with Crippen LogP contribution in [0.1, 0.15) is 25.3 Å². The third kappa shape index (κ3) is 6.53. The minimum atomic E-state index is -3.61. The first-order chi connectivity index (χ1) is 20.3. The molecular formula is C31H35N5O4S2. The number of amides is 1. The highest BCUT2D eigenvalue weighted by Gasteiger charge is 2.35. The van der Waals surface area contributed by atoms with Gasteiger partial charge in [-0.3, -0.25) is 9.36 Å². The number of thioether (sulfide) groups is 1. The van der Waals surface area contributed by atoms with Gasteiger partial charge in [0.05, 0.1) is 12.0 Å². The van der Waals surface area contributed by atoms with Crippen LogP contribution in [0.3, 0.4) is 0 Å². The third-order valence-electron chi connectivity index (χ3n) is 7.29. The van der Waals surface area contributed by atoms with E-state index in [0.29, 0.717) is 37.5 Å². The number of aromatic nitrogens is 3. The van der Waals surface area contributed by atoms with E-state index in [-0.39, 0.29) is 23.4 Å². The molecule has 1 fully saturated rings. The Labute approximate surface area is 251 Å². The molecule has 0 spiro atoms. The van der Waals surface area contributed by atoms with Crippen LogP contribution in [0, 0.1) is 6.92 Å². The van der Waals surface area contributed by atoms with Gasteiger partial charge in [0.15, 0.2) is 11.0 Å². The van der Waals surface area contributed by atoms with E-state index in [1.54, 1.807) is 48.0 Å². The van der Waals surface area contributed by atoms with Crippen LogP contribution < -0.4 is 4.74 Å². The molecule has 0 bridgehead atoms. The van der Waals surface area contributed by atoms with Gasteiger partial charge in [-0.15, -0.1) is 10.2 Å². The molecule has 1 atom stereocenters. The SMILES string of the molecule is COc1cccc(-c2nnc(SCCCC(=O)N3CCN(S(=O)(=O)c4ccc(C)cc4)C(C)C3)n2-c2ccccc2)c1. The van der Waals surface area contributed by atoms with Crippen LogP contribution in [0.5, 0.6) is 5.75 Å². The lowest BCUT2D eigenvalue weighted by molar-refractivity contribution is -0.133. The molecule has 1 aliphatic heterocycles. The summed E-state index contributed by atoms with van der Waals surface area (Å²) in [5, 5.41) is 9.72. The number of para-hydroxylation sites is 1. The van der Waals surface area contributed by atoms with E-state index in [0.717, 1.165) is 27.7 Å². The Morgan fingerprint density at radius 3 is 2.48 bits per heavy atom. The number of benzene rings is 3. The molecule has 42 heavy (non-hydrogen) atoms. The summed E-state index contributed by atoms with van der Waals surface area (Å²) >= 11 is 1.56. The lowest BCUT2D eigenvalue weighted by Crippen LogP contribution is -2.55. The van der Waals surface area contributed by atoms with E-state index < -0.39 is 10.0 Å². The average molecular weight is 606 g/mol. The lowest BCUT2D eigenvalue weighted by Gasteiger charge is -2.39. The summed E-state index contributed by atoms with van der Waals surface area (Å²) in [4.78, 5) is 15.1. The first-order valence-corrected chi connectivity index (χ1v) is 16.3. The maximum atomic E-state index is 13.2. The molecule has 0 aliphatic carbocycles. The second-order valence-electron chi connectivity index (χ2n) is 10.3. The molecule has 1 unspecified atom stereocenters. The predicted molar refractivity (Wildman–Crippen MR) is 164 cm³/mol. The molecule has 11 heteroatoms. The van der Waals surface area contributed by atoms with Gasteiger partial charge in [-0.05, 0) is 56.7 Å². The van der Waals surface area contributed by atoms with Crippen molar-refractivity contribution < 1.29 is 17.9 Å². The van der Waals surface area contributed by atoms with Gasteiger partial charge in [-0.1, -0.05) is 59.8 Å². The molecule has 0 N–H and O–H groups in total. The third-order valence-corrected chi connectivity index (χ3v) is 10.3. The Morgan fingerprint density at radius 2 is 1.76 bits per heavy atom. The van der Waals surface area contributed by atoms with E-state index >= 15 is 0 Å². The maximum absolute atomic E-state index is 13.2. The average Bonchev–Trinajstić information content (AvgIpc) is 3.43. The molecule has 4 aromatic rings. The van der Waals surface area contributed by atoms with Crippen LogP contribution in [0.2, 0.25) is 0 Å². The van der Waals surface area contributed by atoms with E-state index in [1.807, 2.05) is 73.0 Å². The van der Waals surface area contributed by atoms with Crippen LogP contribution in [0.15, 0.2) is 88.9 Å². The number of methoxy groups -OCH3 is 1. The fourth-order valence-electron chi connectivity index (χ4n) is 5.04. The first kappa shape index (κ1) is 29.8. The summed E-state index contributed by atoms with van der Waals surface area (Å²) < 4.78 is 35.3. The number of piperazine rings is 1. The number of hydrogen-bond donors (Lipinski definition) is 0. The largest absolute Gasteiger partial charge is 0.497 e. The second-order valence-corrected chi connectivity index (χ2v) is 13.2. The van der Waals surface area contributed by atoms with E-state index in [9.17, 15) is 13.2 Å². The van der Waals surface area contributed by atoms with Crippen LogP contribution in [-0.4, -0.2) is 76.8 Å². The molecule has 1 saturated heterocycles. The van der Waals surface area contributed by atoms with Gasteiger partial charge >= 0.3 is 0 Å².